The molecule has 112 valence electrons. The van der Waals surface area contributed by atoms with Gasteiger partial charge in [0, 0.05) is 6.26 Å². The third kappa shape index (κ3) is 3.46. The van der Waals surface area contributed by atoms with Gasteiger partial charge in [-0.2, -0.15) is 0 Å². The summed E-state index contributed by atoms with van der Waals surface area (Å²) in [5.41, 5.74) is 8.77. The van der Waals surface area contributed by atoms with Gasteiger partial charge in [0.05, 0.1) is 29.1 Å². The fourth-order valence-electron chi connectivity index (χ4n) is 1.95. The van der Waals surface area contributed by atoms with Crippen molar-refractivity contribution in [1.82, 2.24) is 0 Å². The number of nitrogens with one attached hydrogen (secondary N) is 1. The van der Waals surface area contributed by atoms with Crippen molar-refractivity contribution in [3.63, 3.8) is 0 Å². The molecule has 6 heteroatoms. The maximum absolute atomic E-state index is 11.5. The van der Waals surface area contributed by atoms with Gasteiger partial charge in [0.25, 0.3) is 0 Å². The fraction of sp³-hybridized carbons (Fsp3) is 0.200. The number of sulfone groups is 1. The summed E-state index contributed by atoms with van der Waals surface area (Å²) in [5.74, 6) is 0.687. The molecule has 0 atom stereocenters. The highest BCUT2D eigenvalue weighted by atomic mass is 32.2. The molecule has 3 N–H and O–H groups in total. The van der Waals surface area contributed by atoms with Crippen LogP contribution in [0.4, 0.5) is 17.1 Å². The van der Waals surface area contributed by atoms with Gasteiger partial charge in [0.15, 0.2) is 9.84 Å². The van der Waals surface area contributed by atoms with Gasteiger partial charge in [-0.25, -0.2) is 8.42 Å². The molecule has 0 saturated carbocycles. The van der Waals surface area contributed by atoms with Crippen molar-refractivity contribution >= 4 is 26.9 Å². The van der Waals surface area contributed by atoms with Crippen LogP contribution in [0.3, 0.4) is 0 Å². The Hall–Kier alpha value is -2.21. The number of hydrogen-bond donors (Lipinski definition) is 2. The smallest absolute Gasteiger partial charge is 0.175 e. The first kappa shape index (κ1) is 15.2. The zero-order valence-electron chi connectivity index (χ0n) is 12.2. The summed E-state index contributed by atoms with van der Waals surface area (Å²) in [6, 6.07) is 10.4. The lowest BCUT2D eigenvalue weighted by molar-refractivity contribution is 0.416. The summed E-state index contributed by atoms with van der Waals surface area (Å²) < 4.78 is 28.3. The number of rotatable bonds is 4. The van der Waals surface area contributed by atoms with Crippen LogP contribution in [0, 0.1) is 6.92 Å². The van der Waals surface area contributed by atoms with E-state index in [2.05, 4.69) is 5.32 Å². The standard InChI is InChI=1S/C15H18N2O3S/c1-10-4-7-15(20-2)14(8-10)17-13-6-5-11(9-12(13)16)21(3,18)19/h4-9,17H,16H2,1-3H3. The molecule has 0 fully saturated rings. The largest absolute Gasteiger partial charge is 0.495 e. The summed E-state index contributed by atoms with van der Waals surface area (Å²) >= 11 is 0. The van der Waals surface area contributed by atoms with Crippen LogP contribution < -0.4 is 15.8 Å². The van der Waals surface area contributed by atoms with Gasteiger partial charge in [0.1, 0.15) is 5.75 Å². The molecule has 5 nitrogen and oxygen atoms in total. The highest BCUT2D eigenvalue weighted by Crippen LogP contribution is 2.31. The van der Waals surface area contributed by atoms with Crippen molar-refractivity contribution in [2.24, 2.45) is 0 Å². The van der Waals surface area contributed by atoms with Crippen molar-refractivity contribution in [1.29, 1.82) is 0 Å². The van der Waals surface area contributed by atoms with Gasteiger partial charge in [-0.15, -0.1) is 0 Å². The summed E-state index contributed by atoms with van der Waals surface area (Å²) in [7, 11) is -1.68. The number of nitrogen functional groups attached to an aromatic ring is 1. The first-order chi connectivity index (χ1) is 9.81. The third-order valence-electron chi connectivity index (χ3n) is 3.08. The van der Waals surface area contributed by atoms with E-state index in [0.717, 1.165) is 17.5 Å². The van der Waals surface area contributed by atoms with E-state index in [0.29, 0.717) is 17.1 Å². The van der Waals surface area contributed by atoms with Gasteiger partial charge in [-0.3, -0.25) is 0 Å². The normalized spacial score (nSPS) is 11.2. The molecule has 0 spiro atoms. The summed E-state index contributed by atoms with van der Waals surface area (Å²) in [4.78, 5) is 0.196. The zero-order chi connectivity index (χ0) is 15.6. The monoisotopic (exact) mass is 306 g/mol. The number of methoxy groups -OCH3 is 1. The van der Waals surface area contributed by atoms with Crippen molar-refractivity contribution in [2.45, 2.75) is 11.8 Å². The molecule has 0 aromatic heterocycles. The molecular weight excluding hydrogens is 288 g/mol. The van der Waals surface area contributed by atoms with E-state index >= 15 is 0 Å². The molecule has 0 bridgehead atoms. The quantitative estimate of drug-likeness (QED) is 0.849. The molecule has 0 unspecified atom stereocenters. The predicted molar refractivity (Wildman–Crippen MR) is 85.0 cm³/mol. The molecule has 0 aliphatic rings. The Morgan fingerprint density at radius 1 is 1.10 bits per heavy atom. The van der Waals surface area contributed by atoms with E-state index in [9.17, 15) is 8.42 Å². The fourth-order valence-corrected chi connectivity index (χ4v) is 2.61. The SMILES string of the molecule is COc1ccc(C)cc1Nc1ccc(S(C)(=O)=O)cc1N. The molecule has 0 radical (unpaired) electrons. The Bertz CT molecular complexity index is 770. The van der Waals surface area contributed by atoms with Gasteiger partial charge in [-0.1, -0.05) is 6.07 Å². The molecule has 2 aromatic rings. The van der Waals surface area contributed by atoms with E-state index in [1.54, 1.807) is 13.2 Å². The Kier molecular flexibility index (Phi) is 4.09. The van der Waals surface area contributed by atoms with E-state index < -0.39 is 9.84 Å². The molecule has 0 aliphatic heterocycles. The second-order valence-corrected chi connectivity index (χ2v) is 6.87. The van der Waals surface area contributed by atoms with Crippen LogP contribution in [0.1, 0.15) is 5.56 Å². The van der Waals surface area contributed by atoms with Crippen molar-refractivity contribution < 1.29 is 13.2 Å². The number of ether oxygens (including phenoxy) is 1. The molecule has 0 saturated heterocycles. The average Bonchev–Trinajstić information content (AvgIpc) is 2.40. The van der Waals surface area contributed by atoms with Crippen LogP contribution in [-0.2, 0) is 9.84 Å². The Morgan fingerprint density at radius 3 is 2.38 bits per heavy atom. The van der Waals surface area contributed by atoms with Gasteiger partial charge in [-0.05, 0) is 42.8 Å². The molecular formula is C15H18N2O3S. The first-order valence-electron chi connectivity index (χ1n) is 6.32. The molecule has 2 rings (SSSR count). The van der Waals surface area contributed by atoms with Crippen LogP contribution >= 0.6 is 0 Å². The molecule has 2 aromatic carbocycles. The lowest BCUT2D eigenvalue weighted by atomic mass is 10.2. The third-order valence-corrected chi connectivity index (χ3v) is 4.19. The van der Waals surface area contributed by atoms with E-state index in [1.165, 1.54) is 12.1 Å². The Balaban J connectivity index is 2.39. The second kappa shape index (κ2) is 5.65. The van der Waals surface area contributed by atoms with E-state index in [-0.39, 0.29) is 4.90 Å². The van der Waals surface area contributed by atoms with Gasteiger partial charge < -0.3 is 15.8 Å². The molecule has 0 heterocycles. The minimum Gasteiger partial charge on any atom is -0.495 e. The minimum atomic E-state index is -3.27. The minimum absolute atomic E-state index is 0.196. The Morgan fingerprint density at radius 2 is 1.81 bits per heavy atom. The number of hydrogen-bond acceptors (Lipinski definition) is 5. The molecule has 0 aliphatic carbocycles. The van der Waals surface area contributed by atoms with Crippen molar-refractivity contribution in [2.75, 3.05) is 24.4 Å². The maximum atomic E-state index is 11.5. The lowest BCUT2D eigenvalue weighted by Crippen LogP contribution is -2.02. The molecule has 0 amide bonds. The lowest BCUT2D eigenvalue weighted by Gasteiger charge is -2.14. The van der Waals surface area contributed by atoms with Crippen LogP contribution in [-0.4, -0.2) is 21.8 Å². The number of benzene rings is 2. The van der Waals surface area contributed by atoms with Crippen LogP contribution in [0.2, 0.25) is 0 Å². The number of aryl methyl sites for hydroxylation is 1. The van der Waals surface area contributed by atoms with Crippen LogP contribution in [0.15, 0.2) is 41.3 Å². The van der Waals surface area contributed by atoms with Gasteiger partial charge in [0.2, 0.25) is 0 Å². The van der Waals surface area contributed by atoms with Crippen LogP contribution in [0.25, 0.3) is 0 Å². The van der Waals surface area contributed by atoms with Crippen LogP contribution in [0.5, 0.6) is 5.75 Å². The van der Waals surface area contributed by atoms with Crippen molar-refractivity contribution in [3.05, 3.63) is 42.0 Å². The van der Waals surface area contributed by atoms with Crippen molar-refractivity contribution in [3.8, 4) is 5.75 Å². The second-order valence-electron chi connectivity index (χ2n) is 4.85. The first-order valence-corrected chi connectivity index (χ1v) is 8.21. The highest BCUT2D eigenvalue weighted by molar-refractivity contribution is 7.90. The summed E-state index contributed by atoms with van der Waals surface area (Å²) in [5, 5.41) is 3.17. The topological polar surface area (TPSA) is 81.4 Å². The Labute approximate surface area is 124 Å². The maximum Gasteiger partial charge on any atom is 0.175 e. The zero-order valence-corrected chi connectivity index (χ0v) is 13.0. The number of nitrogens with two attached hydrogens (primary N) is 1. The number of anilines is 3. The average molecular weight is 306 g/mol. The summed E-state index contributed by atoms with van der Waals surface area (Å²) in [6.07, 6.45) is 1.15. The highest BCUT2D eigenvalue weighted by Gasteiger charge is 2.11. The van der Waals surface area contributed by atoms with E-state index in [4.69, 9.17) is 10.5 Å². The molecule has 21 heavy (non-hydrogen) atoms. The van der Waals surface area contributed by atoms with E-state index in [1.807, 2.05) is 25.1 Å². The van der Waals surface area contributed by atoms with Gasteiger partial charge >= 0.3 is 0 Å². The predicted octanol–water partition coefficient (Wildman–Crippen LogP) is 2.73. The summed E-state index contributed by atoms with van der Waals surface area (Å²) in [6.45, 7) is 1.97.